The Morgan fingerprint density at radius 3 is 2.36 bits per heavy atom. The highest BCUT2D eigenvalue weighted by atomic mass is 16.5. The summed E-state index contributed by atoms with van der Waals surface area (Å²) in [5.74, 6) is 0.448. The minimum Gasteiger partial charge on any atom is -0.469 e. The Kier molecular flexibility index (Phi) is 5.68. The van der Waals surface area contributed by atoms with E-state index in [1.54, 1.807) is 6.26 Å². The van der Waals surface area contributed by atoms with Crippen LogP contribution in [0.4, 0.5) is 0 Å². The first-order chi connectivity index (χ1) is 12.3. The molecule has 0 saturated carbocycles. The highest BCUT2D eigenvalue weighted by Gasteiger charge is 2.20. The number of carbonyl (C=O) groups excluding carboxylic acids is 1. The van der Waals surface area contributed by atoms with Crippen LogP contribution in [0.3, 0.4) is 0 Å². The number of ether oxygens (including phenoxy) is 1. The number of furan rings is 1. The summed E-state index contributed by atoms with van der Waals surface area (Å²) in [5.41, 5.74) is 3.06. The van der Waals surface area contributed by atoms with Crippen LogP contribution < -0.4 is 0 Å². The second kappa shape index (κ2) is 8.34. The van der Waals surface area contributed by atoms with Crippen molar-refractivity contribution < 1.29 is 13.9 Å². The second-order valence-corrected chi connectivity index (χ2v) is 6.06. The highest BCUT2D eigenvalue weighted by molar-refractivity contribution is 5.78. The van der Waals surface area contributed by atoms with Gasteiger partial charge in [0.25, 0.3) is 0 Å². The Morgan fingerprint density at radius 2 is 1.68 bits per heavy atom. The minimum absolute atomic E-state index is 0.195. The predicted molar refractivity (Wildman–Crippen MR) is 97.2 cm³/mol. The lowest BCUT2D eigenvalue weighted by molar-refractivity contribution is -0.146. The highest BCUT2D eigenvalue weighted by Crippen LogP contribution is 2.22. The summed E-state index contributed by atoms with van der Waals surface area (Å²) in [5, 5.41) is 0. The molecule has 0 saturated heterocycles. The number of carbonyl (C=O) groups is 1. The fraction of sp³-hybridized carbons (Fsp3) is 0.227. The van der Waals surface area contributed by atoms with E-state index in [-0.39, 0.29) is 18.5 Å². The molecule has 2 aromatic carbocycles. The van der Waals surface area contributed by atoms with Gasteiger partial charge in [-0.1, -0.05) is 67.6 Å². The predicted octanol–water partition coefficient (Wildman–Crippen LogP) is 5.11. The van der Waals surface area contributed by atoms with Crippen molar-refractivity contribution in [1.82, 2.24) is 0 Å². The molecule has 3 heteroatoms. The van der Waals surface area contributed by atoms with Crippen LogP contribution in [0.15, 0.2) is 77.4 Å². The molecule has 0 aliphatic heterocycles. The van der Waals surface area contributed by atoms with Gasteiger partial charge in [0.15, 0.2) is 0 Å². The van der Waals surface area contributed by atoms with E-state index in [0.717, 1.165) is 23.3 Å². The van der Waals surface area contributed by atoms with Gasteiger partial charge >= 0.3 is 5.97 Å². The molecule has 25 heavy (non-hydrogen) atoms. The van der Waals surface area contributed by atoms with E-state index >= 15 is 0 Å². The summed E-state index contributed by atoms with van der Waals surface area (Å²) in [4.78, 5) is 12.4. The van der Waals surface area contributed by atoms with Crippen LogP contribution in [0.1, 0.15) is 41.7 Å². The lowest BCUT2D eigenvalue weighted by Gasteiger charge is -2.14. The van der Waals surface area contributed by atoms with Crippen molar-refractivity contribution in [2.45, 2.75) is 32.3 Å². The monoisotopic (exact) mass is 334 g/mol. The molecular formula is C22H22O3. The summed E-state index contributed by atoms with van der Waals surface area (Å²) in [6.07, 6.45) is 3.11. The molecule has 1 unspecified atom stereocenters. The zero-order valence-corrected chi connectivity index (χ0v) is 14.4. The largest absolute Gasteiger partial charge is 0.469 e. The van der Waals surface area contributed by atoms with Crippen molar-refractivity contribution in [2.75, 3.05) is 0 Å². The molecule has 0 radical (unpaired) electrons. The number of hydrogen-bond acceptors (Lipinski definition) is 3. The lowest BCUT2D eigenvalue weighted by Crippen LogP contribution is -2.15. The second-order valence-electron chi connectivity index (χ2n) is 6.06. The average molecular weight is 334 g/mol. The van der Waals surface area contributed by atoms with E-state index in [9.17, 15) is 4.79 Å². The van der Waals surface area contributed by atoms with Crippen LogP contribution in [0.5, 0.6) is 0 Å². The summed E-state index contributed by atoms with van der Waals surface area (Å²) >= 11 is 0. The summed E-state index contributed by atoms with van der Waals surface area (Å²) in [6, 6.07) is 21.8. The molecule has 1 heterocycles. The standard InChI is InChI=1S/C22H22O3/c1-2-21(19-11-7-4-8-12-19)22(23)25-16-18-14-20(24-15-18)13-17-9-5-3-6-10-17/h3-12,14-15,21H,2,13,16H2,1H3. The molecule has 0 aliphatic carbocycles. The van der Waals surface area contributed by atoms with Gasteiger partial charge in [-0.05, 0) is 23.6 Å². The topological polar surface area (TPSA) is 39.4 Å². The molecule has 0 amide bonds. The van der Waals surface area contributed by atoms with Crippen molar-refractivity contribution in [1.29, 1.82) is 0 Å². The maximum Gasteiger partial charge on any atom is 0.313 e. The molecule has 0 aliphatic rings. The molecule has 3 nitrogen and oxygen atoms in total. The number of rotatable bonds is 7. The molecule has 0 fully saturated rings. The van der Waals surface area contributed by atoms with Crippen LogP contribution in [-0.2, 0) is 22.6 Å². The number of esters is 1. The van der Waals surface area contributed by atoms with E-state index in [1.807, 2.05) is 61.5 Å². The Balaban J connectivity index is 1.57. The van der Waals surface area contributed by atoms with E-state index in [4.69, 9.17) is 9.15 Å². The van der Waals surface area contributed by atoms with Crippen molar-refractivity contribution in [2.24, 2.45) is 0 Å². The van der Waals surface area contributed by atoms with E-state index in [1.165, 1.54) is 5.56 Å². The summed E-state index contributed by atoms with van der Waals surface area (Å²) in [6.45, 7) is 2.23. The van der Waals surface area contributed by atoms with Gasteiger partial charge in [0.1, 0.15) is 12.4 Å². The van der Waals surface area contributed by atoms with Crippen LogP contribution in [0.2, 0.25) is 0 Å². The molecule has 1 aromatic heterocycles. The lowest BCUT2D eigenvalue weighted by atomic mass is 9.97. The first-order valence-corrected chi connectivity index (χ1v) is 8.58. The fourth-order valence-corrected chi connectivity index (χ4v) is 2.87. The van der Waals surface area contributed by atoms with Gasteiger partial charge in [0.05, 0.1) is 12.2 Å². The van der Waals surface area contributed by atoms with Crippen molar-refractivity contribution in [3.05, 3.63) is 95.4 Å². The van der Waals surface area contributed by atoms with Crippen LogP contribution in [0, 0.1) is 0 Å². The van der Waals surface area contributed by atoms with Crippen LogP contribution >= 0.6 is 0 Å². The molecular weight excluding hydrogens is 312 g/mol. The van der Waals surface area contributed by atoms with Crippen molar-refractivity contribution in [3.8, 4) is 0 Å². The fourth-order valence-electron chi connectivity index (χ4n) is 2.87. The number of hydrogen-bond donors (Lipinski definition) is 0. The van der Waals surface area contributed by atoms with Gasteiger partial charge in [0.2, 0.25) is 0 Å². The molecule has 3 rings (SSSR count). The molecule has 1 atom stereocenters. The molecule has 128 valence electrons. The quantitative estimate of drug-likeness (QED) is 0.564. The van der Waals surface area contributed by atoms with E-state index < -0.39 is 0 Å². The zero-order valence-electron chi connectivity index (χ0n) is 14.4. The van der Waals surface area contributed by atoms with E-state index in [2.05, 4.69) is 12.1 Å². The summed E-state index contributed by atoms with van der Waals surface area (Å²) < 4.78 is 11.1. The van der Waals surface area contributed by atoms with Gasteiger partial charge in [-0.2, -0.15) is 0 Å². The zero-order chi connectivity index (χ0) is 17.5. The summed E-state index contributed by atoms with van der Waals surface area (Å²) in [7, 11) is 0. The van der Waals surface area contributed by atoms with Crippen LogP contribution in [0.25, 0.3) is 0 Å². The SMILES string of the molecule is CCC(C(=O)OCc1coc(Cc2ccccc2)c1)c1ccccc1. The molecule has 3 aromatic rings. The number of benzene rings is 2. The maximum absolute atomic E-state index is 12.4. The molecule has 0 N–H and O–H groups in total. The van der Waals surface area contributed by atoms with Crippen LogP contribution in [-0.4, -0.2) is 5.97 Å². The van der Waals surface area contributed by atoms with Gasteiger partial charge in [-0.3, -0.25) is 4.79 Å². The molecule has 0 bridgehead atoms. The van der Waals surface area contributed by atoms with E-state index in [0.29, 0.717) is 6.42 Å². The van der Waals surface area contributed by atoms with Crippen molar-refractivity contribution >= 4 is 5.97 Å². The third-order valence-corrected chi connectivity index (χ3v) is 4.21. The minimum atomic E-state index is -0.225. The van der Waals surface area contributed by atoms with Gasteiger partial charge in [-0.15, -0.1) is 0 Å². The Bertz CT molecular complexity index is 790. The Hall–Kier alpha value is -2.81. The third kappa shape index (κ3) is 4.60. The first kappa shape index (κ1) is 17.0. The van der Waals surface area contributed by atoms with Gasteiger partial charge < -0.3 is 9.15 Å². The molecule has 0 spiro atoms. The maximum atomic E-state index is 12.4. The first-order valence-electron chi connectivity index (χ1n) is 8.58. The normalized spacial score (nSPS) is 11.9. The van der Waals surface area contributed by atoms with Crippen molar-refractivity contribution in [3.63, 3.8) is 0 Å². The Morgan fingerprint density at radius 1 is 1.00 bits per heavy atom. The average Bonchev–Trinajstić information content (AvgIpc) is 3.10. The van der Waals surface area contributed by atoms with Gasteiger partial charge in [-0.25, -0.2) is 0 Å². The Labute approximate surface area is 148 Å². The third-order valence-electron chi connectivity index (χ3n) is 4.21. The smallest absolute Gasteiger partial charge is 0.313 e. The van der Waals surface area contributed by atoms with Gasteiger partial charge in [0, 0.05) is 12.0 Å².